The second kappa shape index (κ2) is 18.4. The number of amides is 2. The van der Waals surface area contributed by atoms with Gasteiger partial charge in [-0.15, -0.1) is 24.8 Å². The van der Waals surface area contributed by atoms with Gasteiger partial charge in [0.2, 0.25) is 12.3 Å². The lowest BCUT2D eigenvalue weighted by molar-refractivity contribution is -0.132. The number of likely N-dealkylation sites (tertiary alicyclic amines) is 1. The fraction of sp³-hybridized carbons (Fsp3) is 0.576. The van der Waals surface area contributed by atoms with Gasteiger partial charge in [0.05, 0.1) is 16.5 Å². The van der Waals surface area contributed by atoms with Crippen LogP contribution >= 0.6 is 48.0 Å². The van der Waals surface area contributed by atoms with Crippen molar-refractivity contribution in [3.63, 3.8) is 0 Å². The van der Waals surface area contributed by atoms with Gasteiger partial charge in [-0.25, -0.2) is 0 Å². The van der Waals surface area contributed by atoms with Gasteiger partial charge in [-0.05, 0) is 76.8 Å². The average Bonchev–Trinajstić information content (AvgIpc) is 2.93. The molecule has 0 aliphatic carbocycles. The van der Waals surface area contributed by atoms with Crippen molar-refractivity contribution < 1.29 is 9.59 Å². The molecule has 0 N–H and O–H groups in total. The maximum Gasteiger partial charge on any atom is 0.227 e. The SMILES string of the molecule is CN(C)C=O.Cc1cc(C)cc(CC(=O)N2CCCC(CCN3CCN(C(C)C)CC3)(c3ccc(Cl)c(Cl)c3)C2)c1.Cl.Cl. The number of halogens is 4. The van der Waals surface area contributed by atoms with Crippen LogP contribution in [-0.2, 0) is 21.4 Å². The van der Waals surface area contributed by atoms with Crippen molar-refractivity contribution in [2.75, 3.05) is 59.9 Å². The van der Waals surface area contributed by atoms with Crippen LogP contribution in [-0.4, -0.2) is 97.9 Å². The van der Waals surface area contributed by atoms with Crippen LogP contribution in [0.4, 0.5) is 0 Å². The molecule has 0 aromatic heterocycles. The normalized spacial score (nSPS) is 19.0. The lowest BCUT2D eigenvalue weighted by Gasteiger charge is -2.45. The van der Waals surface area contributed by atoms with Crippen LogP contribution in [0.5, 0.6) is 0 Å². The quantitative estimate of drug-likeness (QED) is 0.293. The molecule has 6 nitrogen and oxygen atoms in total. The zero-order valence-corrected chi connectivity index (χ0v) is 29.7. The highest BCUT2D eigenvalue weighted by Gasteiger charge is 2.39. The molecule has 2 aliphatic rings. The van der Waals surface area contributed by atoms with Gasteiger partial charge < -0.3 is 14.7 Å². The maximum atomic E-state index is 13.5. The molecule has 2 aliphatic heterocycles. The number of piperidine rings is 1. The van der Waals surface area contributed by atoms with E-state index in [2.05, 4.69) is 66.7 Å². The summed E-state index contributed by atoms with van der Waals surface area (Å²) in [6.45, 7) is 15.8. The van der Waals surface area contributed by atoms with E-state index in [1.165, 1.54) is 21.6 Å². The Hall–Kier alpha value is -1.54. The van der Waals surface area contributed by atoms with E-state index < -0.39 is 0 Å². The van der Waals surface area contributed by atoms with Crippen molar-refractivity contribution in [1.82, 2.24) is 19.6 Å². The number of nitrogens with zero attached hydrogens (tertiary/aromatic N) is 4. The van der Waals surface area contributed by atoms with E-state index >= 15 is 0 Å². The minimum atomic E-state index is -0.111. The van der Waals surface area contributed by atoms with Crippen molar-refractivity contribution in [3.8, 4) is 0 Å². The van der Waals surface area contributed by atoms with Crippen LogP contribution in [0.1, 0.15) is 55.4 Å². The van der Waals surface area contributed by atoms with E-state index in [4.69, 9.17) is 23.2 Å². The third-order valence-corrected chi connectivity index (χ3v) is 9.09. The summed E-state index contributed by atoms with van der Waals surface area (Å²) in [5.41, 5.74) is 4.62. The average molecular weight is 677 g/mol. The van der Waals surface area contributed by atoms with Gasteiger partial charge in [0.15, 0.2) is 0 Å². The number of hydrogen-bond donors (Lipinski definition) is 0. The smallest absolute Gasteiger partial charge is 0.227 e. The van der Waals surface area contributed by atoms with Gasteiger partial charge in [-0.1, -0.05) is 58.6 Å². The largest absolute Gasteiger partial charge is 0.351 e. The van der Waals surface area contributed by atoms with Gasteiger partial charge in [0.1, 0.15) is 0 Å². The third kappa shape index (κ3) is 11.7. The highest BCUT2D eigenvalue weighted by atomic mass is 35.5. The second-order valence-electron chi connectivity index (χ2n) is 12.3. The van der Waals surface area contributed by atoms with Gasteiger partial charge in [0.25, 0.3) is 0 Å². The van der Waals surface area contributed by atoms with E-state index in [9.17, 15) is 9.59 Å². The summed E-state index contributed by atoms with van der Waals surface area (Å²) in [6, 6.07) is 13.1. The molecule has 2 amide bonds. The molecule has 0 spiro atoms. The summed E-state index contributed by atoms with van der Waals surface area (Å²) >= 11 is 12.8. The van der Waals surface area contributed by atoms with Crippen LogP contribution in [0.15, 0.2) is 36.4 Å². The molecule has 2 aromatic carbocycles. The first-order valence-corrected chi connectivity index (χ1v) is 15.6. The van der Waals surface area contributed by atoms with Crippen LogP contribution in [0.3, 0.4) is 0 Å². The molecular weight excluding hydrogens is 626 g/mol. The van der Waals surface area contributed by atoms with Crippen LogP contribution in [0, 0.1) is 13.8 Å². The number of hydrogen-bond acceptors (Lipinski definition) is 4. The zero-order chi connectivity index (χ0) is 30.2. The Bertz CT molecular complexity index is 1150. The Balaban J connectivity index is 0.00000122. The lowest BCUT2D eigenvalue weighted by atomic mass is 9.71. The molecular formula is C33H50Cl4N4O2. The Morgan fingerprint density at radius 1 is 0.953 bits per heavy atom. The number of piperazine rings is 1. The van der Waals surface area contributed by atoms with Crippen molar-refractivity contribution >= 4 is 60.3 Å². The molecule has 2 aromatic rings. The molecule has 0 radical (unpaired) electrons. The standard InChI is InChI=1S/C30H41Cl2N3O.C3H7NO.2ClH/c1-22(2)34-14-12-33(13-15-34)11-9-30(26-6-7-27(31)28(32)20-26)8-5-10-35(21-30)29(36)19-25-17-23(3)16-24(4)18-25;1-4(2)3-5;;/h6-7,16-18,20,22H,5,8-15,19,21H2,1-4H3;3H,1-2H3;2*1H. The van der Waals surface area contributed by atoms with Crippen LogP contribution in [0.25, 0.3) is 0 Å². The molecule has 0 saturated carbocycles. The molecule has 1 unspecified atom stereocenters. The molecule has 1 atom stereocenters. The van der Waals surface area contributed by atoms with Gasteiger partial charge >= 0.3 is 0 Å². The van der Waals surface area contributed by atoms with Crippen molar-refractivity contribution in [2.45, 2.75) is 64.8 Å². The molecule has 242 valence electrons. The first kappa shape index (κ1) is 39.5. The number of rotatable bonds is 8. The van der Waals surface area contributed by atoms with Crippen molar-refractivity contribution in [3.05, 3.63) is 68.7 Å². The third-order valence-electron chi connectivity index (χ3n) is 8.35. The van der Waals surface area contributed by atoms with E-state index in [0.29, 0.717) is 22.5 Å². The monoisotopic (exact) mass is 674 g/mol. The van der Waals surface area contributed by atoms with Gasteiger partial charge in [0, 0.05) is 64.8 Å². The molecule has 43 heavy (non-hydrogen) atoms. The molecule has 0 bridgehead atoms. The number of carbonyl (C=O) groups excluding carboxylic acids is 2. The summed E-state index contributed by atoms with van der Waals surface area (Å²) < 4.78 is 0. The van der Waals surface area contributed by atoms with Crippen molar-refractivity contribution in [2.24, 2.45) is 0 Å². The zero-order valence-electron chi connectivity index (χ0n) is 26.6. The predicted molar refractivity (Wildman–Crippen MR) is 186 cm³/mol. The molecule has 2 saturated heterocycles. The van der Waals surface area contributed by atoms with Gasteiger partial charge in [-0.2, -0.15) is 0 Å². The fourth-order valence-electron chi connectivity index (χ4n) is 6.09. The van der Waals surface area contributed by atoms with Crippen LogP contribution in [0.2, 0.25) is 10.0 Å². The molecule has 2 heterocycles. The summed E-state index contributed by atoms with van der Waals surface area (Å²) in [5, 5.41) is 1.18. The highest BCUT2D eigenvalue weighted by Crippen LogP contribution is 2.40. The predicted octanol–water partition coefficient (Wildman–Crippen LogP) is 6.68. The van der Waals surface area contributed by atoms with Crippen molar-refractivity contribution in [1.29, 1.82) is 0 Å². The number of carbonyl (C=O) groups is 2. The van der Waals surface area contributed by atoms with E-state index in [0.717, 1.165) is 77.0 Å². The minimum Gasteiger partial charge on any atom is -0.351 e. The minimum absolute atomic E-state index is 0. The summed E-state index contributed by atoms with van der Waals surface area (Å²) in [5.74, 6) is 0.217. The molecule has 2 fully saturated rings. The molecule has 10 heteroatoms. The van der Waals surface area contributed by atoms with Crippen LogP contribution < -0.4 is 0 Å². The molecule has 4 rings (SSSR count). The number of aryl methyl sites for hydroxylation is 2. The van der Waals surface area contributed by atoms with E-state index in [1.807, 2.05) is 12.1 Å². The maximum absolute atomic E-state index is 13.5. The van der Waals surface area contributed by atoms with Gasteiger partial charge in [-0.3, -0.25) is 14.5 Å². The summed E-state index contributed by atoms with van der Waals surface area (Å²) in [6.07, 6.45) is 4.28. The van der Waals surface area contributed by atoms with E-state index in [1.54, 1.807) is 14.1 Å². The summed E-state index contributed by atoms with van der Waals surface area (Å²) in [7, 11) is 3.38. The first-order valence-electron chi connectivity index (χ1n) is 14.8. The van der Waals surface area contributed by atoms with E-state index in [-0.39, 0.29) is 36.1 Å². The Labute approximate surface area is 281 Å². The highest BCUT2D eigenvalue weighted by molar-refractivity contribution is 6.42. The Morgan fingerprint density at radius 2 is 1.56 bits per heavy atom. The summed E-state index contributed by atoms with van der Waals surface area (Å²) in [4.78, 5) is 31.6. The number of benzene rings is 2. The first-order chi connectivity index (χ1) is 19.4. The fourth-order valence-corrected chi connectivity index (χ4v) is 6.39. The topological polar surface area (TPSA) is 47.1 Å². The Morgan fingerprint density at radius 3 is 2.09 bits per heavy atom. The Kier molecular flexibility index (Phi) is 16.9. The lowest BCUT2D eigenvalue weighted by Crippen LogP contribution is -2.52. The second-order valence-corrected chi connectivity index (χ2v) is 13.1.